The van der Waals surface area contributed by atoms with Crippen molar-refractivity contribution in [3.8, 4) is 0 Å². The van der Waals surface area contributed by atoms with Crippen LogP contribution in [0.15, 0.2) is 22.9 Å². The van der Waals surface area contributed by atoms with Crippen molar-refractivity contribution < 1.29 is 13.2 Å². The molecule has 104 valence electrons. The molecule has 1 fully saturated rings. The van der Waals surface area contributed by atoms with Gasteiger partial charge in [-0.25, -0.2) is 8.42 Å². The first-order valence-electron chi connectivity index (χ1n) is 6.05. The molecule has 1 unspecified atom stereocenters. The van der Waals surface area contributed by atoms with Gasteiger partial charge < -0.3 is 4.90 Å². The summed E-state index contributed by atoms with van der Waals surface area (Å²) in [6.07, 6.45) is 3.62. The van der Waals surface area contributed by atoms with Crippen molar-refractivity contribution in [1.29, 1.82) is 0 Å². The molecule has 1 aromatic heterocycles. The third-order valence-corrected chi connectivity index (χ3v) is 5.39. The van der Waals surface area contributed by atoms with E-state index in [4.69, 9.17) is 0 Å². The molecule has 19 heavy (non-hydrogen) atoms. The summed E-state index contributed by atoms with van der Waals surface area (Å²) in [6.45, 7) is 2.35. The number of hydrogen-bond acceptors (Lipinski definition) is 4. The van der Waals surface area contributed by atoms with Gasteiger partial charge in [0.2, 0.25) is 0 Å². The fraction of sp³-hybridized carbons (Fsp3) is 0.500. The number of carbonyl (C=O) groups is 1. The molecule has 0 aliphatic carbocycles. The van der Waals surface area contributed by atoms with Gasteiger partial charge >= 0.3 is 0 Å². The second-order valence-corrected chi connectivity index (χ2v) is 7.68. The number of rotatable bonds is 3. The summed E-state index contributed by atoms with van der Waals surface area (Å²) in [4.78, 5) is 18.0. The van der Waals surface area contributed by atoms with Crippen molar-refractivity contribution >= 4 is 31.7 Å². The van der Waals surface area contributed by atoms with Crippen molar-refractivity contribution in [2.75, 3.05) is 18.1 Å². The molecule has 1 amide bonds. The molecule has 1 atom stereocenters. The van der Waals surface area contributed by atoms with Crippen LogP contribution in [0.4, 0.5) is 0 Å². The summed E-state index contributed by atoms with van der Waals surface area (Å²) in [7, 11) is -2.99. The van der Waals surface area contributed by atoms with Gasteiger partial charge in [0.05, 0.1) is 17.1 Å². The molecular weight excluding hydrogens is 332 g/mol. The number of halogens is 1. The second kappa shape index (κ2) is 5.58. The van der Waals surface area contributed by atoms with E-state index < -0.39 is 9.84 Å². The minimum Gasteiger partial charge on any atom is -0.335 e. The normalized spacial score (nSPS) is 21.3. The van der Waals surface area contributed by atoms with Gasteiger partial charge in [-0.1, -0.05) is 0 Å². The summed E-state index contributed by atoms with van der Waals surface area (Å²) in [5.41, 5.74) is 0.473. The number of pyridine rings is 1. The Morgan fingerprint density at radius 3 is 2.79 bits per heavy atom. The largest absolute Gasteiger partial charge is 0.335 e. The number of carbonyl (C=O) groups excluding carboxylic acids is 1. The van der Waals surface area contributed by atoms with E-state index in [2.05, 4.69) is 20.9 Å². The lowest BCUT2D eigenvalue weighted by Crippen LogP contribution is -2.41. The predicted octanol–water partition coefficient (Wildman–Crippen LogP) is 1.49. The fourth-order valence-electron chi connectivity index (χ4n) is 2.28. The summed E-state index contributed by atoms with van der Waals surface area (Å²) >= 11 is 3.27. The van der Waals surface area contributed by atoms with Gasteiger partial charge in [-0.05, 0) is 35.3 Å². The van der Waals surface area contributed by atoms with E-state index in [1.807, 2.05) is 6.92 Å². The van der Waals surface area contributed by atoms with Gasteiger partial charge in [0.25, 0.3) is 5.91 Å². The molecule has 0 saturated carbocycles. The highest BCUT2D eigenvalue weighted by Gasteiger charge is 2.34. The lowest BCUT2D eigenvalue weighted by atomic mass is 10.1. The van der Waals surface area contributed by atoms with Crippen LogP contribution >= 0.6 is 15.9 Å². The zero-order valence-electron chi connectivity index (χ0n) is 10.5. The van der Waals surface area contributed by atoms with E-state index in [0.29, 0.717) is 18.5 Å². The van der Waals surface area contributed by atoms with Crippen molar-refractivity contribution in [3.05, 3.63) is 28.5 Å². The molecule has 1 aliphatic heterocycles. The first-order valence-corrected chi connectivity index (χ1v) is 8.66. The Morgan fingerprint density at radius 1 is 1.53 bits per heavy atom. The number of nitrogens with zero attached hydrogens (tertiary/aromatic N) is 2. The summed E-state index contributed by atoms with van der Waals surface area (Å²) < 4.78 is 23.8. The molecule has 0 aromatic carbocycles. The average Bonchev–Trinajstić information content (AvgIpc) is 2.70. The third-order valence-electron chi connectivity index (χ3n) is 3.20. The smallest absolute Gasteiger partial charge is 0.255 e. The molecule has 1 aromatic rings. The van der Waals surface area contributed by atoms with Crippen LogP contribution in [0.1, 0.15) is 23.7 Å². The fourth-order valence-corrected chi connectivity index (χ4v) is 4.38. The standard InChI is InChI=1S/C12H15BrN2O3S/c1-2-15(11-3-4-19(17,18)8-11)12(16)9-5-10(13)7-14-6-9/h5-7,11H,2-4,8H2,1H3. The third kappa shape index (κ3) is 3.33. The van der Waals surface area contributed by atoms with E-state index in [1.165, 1.54) is 6.20 Å². The molecule has 0 radical (unpaired) electrons. The number of sulfone groups is 1. The summed E-state index contributed by atoms with van der Waals surface area (Å²) in [5.74, 6) is 0.0602. The van der Waals surface area contributed by atoms with Crippen LogP contribution in [-0.2, 0) is 9.84 Å². The van der Waals surface area contributed by atoms with Crippen LogP contribution in [0.2, 0.25) is 0 Å². The first kappa shape index (κ1) is 14.5. The van der Waals surface area contributed by atoms with Gasteiger partial charge in [0, 0.05) is 29.5 Å². The highest BCUT2D eigenvalue weighted by molar-refractivity contribution is 9.10. The van der Waals surface area contributed by atoms with Crippen LogP contribution in [0.25, 0.3) is 0 Å². The maximum absolute atomic E-state index is 12.4. The average molecular weight is 347 g/mol. The molecule has 2 heterocycles. The second-order valence-electron chi connectivity index (χ2n) is 4.54. The predicted molar refractivity (Wildman–Crippen MR) is 75.7 cm³/mol. The SMILES string of the molecule is CCN(C(=O)c1cncc(Br)c1)C1CCS(=O)(=O)C1. The van der Waals surface area contributed by atoms with Gasteiger partial charge in [-0.15, -0.1) is 0 Å². The number of amides is 1. The topological polar surface area (TPSA) is 67.3 Å². The van der Waals surface area contributed by atoms with Crippen LogP contribution < -0.4 is 0 Å². The van der Waals surface area contributed by atoms with Crippen LogP contribution in [0, 0.1) is 0 Å². The zero-order valence-corrected chi connectivity index (χ0v) is 12.9. The Labute approximate surface area is 121 Å². The van der Waals surface area contributed by atoms with Crippen molar-refractivity contribution in [1.82, 2.24) is 9.88 Å². The van der Waals surface area contributed by atoms with E-state index in [1.54, 1.807) is 17.2 Å². The van der Waals surface area contributed by atoms with Gasteiger partial charge in [-0.3, -0.25) is 9.78 Å². The molecule has 0 spiro atoms. The first-order chi connectivity index (χ1) is 8.93. The van der Waals surface area contributed by atoms with Crippen molar-refractivity contribution in [2.45, 2.75) is 19.4 Å². The Kier molecular flexibility index (Phi) is 4.25. The van der Waals surface area contributed by atoms with E-state index in [-0.39, 0.29) is 23.5 Å². The lowest BCUT2D eigenvalue weighted by Gasteiger charge is -2.26. The Morgan fingerprint density at radius 2 is 2.26 bits per heavy atom. The van der Waals surface area contributed by atoms with Crippen LogP contribution in [0.5, 0.6) is 0 Å². The maximum atomic E-state index is 12.4. The molecule has 0 N–H and O–H groups in total. The highest BCUT2D eigenvalue weighted by Crippen LogP contribution is 2.20. The van der Waals surface area contributed by atoms with Crippen LogP contribution in [-0.4, -0.2) is 48.3 Å². The molecule has 0 bridgehead atoms. The van der Waals surface area contributed by atoms with Crippen molar-refractivity contribution in [3.63, 3.8) is 0 Å². The van der Waals surface area contributed by atoms with Crippen molar-refractivity contribution in [2.24, 2.45) is 0 Å². The molecule has 2 rings (SSSR count). The minimum absolute atomic E-state index is 0.0635. The Hall–Kier alpha value is -0.950. The van der Waals surface area contributed by atoms with Crippen LogP contribution in [0.3, 0.4) is 0 Å². The maximum Gasteiger partial charge on any atom is 0.255 e. The number of aromatic nitrogens is 1. The molecule has 7 heteroatoms. The molecule has 1 saturated heterocycles. The molecule has 1 aliphatic rings. The Bertz CT molecular complexity index is 588. The zero-order chi connectivity index (χ0) is 14.0. The monoisotopic (exact) mass is 346 g/mol. The Balaban J connectivity index is 2.21. The number of hydrogen-bond donors (Lipinski definition) is 0. The summed E-state index contributed by atoms with van der Waals surface area (Å²) in [5, 5.41) is 0. The quantitative estimate of drug-likeness (QED) is 0.831. The van der Waals surface area contributed by atoms with Gasteiger partial charge in [0.15, 0.2) is 9.84 Å². The van der Waals surface area contributed by atoms with Gasteiger partial charge in [0.1, 0.15) is 0 Å². The lowest BCUT2D eigenvalue weighted by molar-refractivity contribution is 0.0708. The molecular formula is C12H15BrN2O3S. The van der Waals surface area contributed by atoms with E-state index in [9.17, 15) is 13.2 Å². The minimum atomic E-state index is -2.99. The van der Waals surface area contributed by atoms with Gasteiger partial charge in [-0.2, -0.15) is 0 Å². The van der Waals surface area contributed by atoms with E-state index in [0.717, 1.165) is 4.47 Å². The highest BCUT2D eigenvalue weighted by atomic mass is 79.9. The molecule has 5 nitrogen and oxygen atoms in total. The summed E-state index contributed by atoms with van der Waals surface area (Å²) in [6, 6.07) is 1.48. The van der Waals surface area contributed by atoms with E-state index >= 15 is 0 Å².